The first-order valence-electron chi connectivity index (χ1n) is 9.10. The predicted octanol–water partition coefficient (Wildman–Crippen LogP) is 5.12. The number of hydrogen-bond acceptors (Lipinski definition) is 3. The first-order chi connectivity index (χ1) is 12.9. The molecule has 7 heteroatoms. The third-order valence-corrected chi connectivity index (χ3v) is 4.89. The fourth-order valence-electron chi connectivity index (χ4n) is 3.51. The van der Waals surface area contributed by atoms with E-state index in [0.717, 1.165) is 37.6 Å². The maximum Gasteiger partial charge on any atom is 0.418 e. The van der Waals surface area contributed by atoms with Crippen molar-refractivity contribution in [3.05, 3.63) is 53.9 Å². The first kappa shape index (κ1) is 19.2. The highest BCUT2D eigenvalue weighted by molar-refractivity contribution is 6.03. The van der Waals surface area contributed by atoms with Crippen molar-refractivity contribution in [3.8, 4) is 0 Å². The minimum Gasteiger partial charge on any atom is -0.368 e. The second kappa shape index (κ2) is 7.98. The van der Waals surface area contributed by atoms with Crippen molar-refractivity contribution in [1.82, 2.24) is 4.98 Å². The number of nitrogens with one attached hydrogen (secondary N) is 1. The van der Waals surface area contributed by atoms with Crippen molar-refractivity contribution in [2.24, 2.45) is 0 Å². The second-order valence-corrected chi connectivity index (χ2v) is 6.65. The van der Waals surface area contributed by atoms with Gasteiger partial charge in [-0.2, -0.15) is 13.2 Å². The number of hydrogen-bond donors (Lipinski definition) is 1. The molecule has 1 aliphatic heterocycles. The molecule has 1 atom stereocenters. The number of amides is 1. The molecule has 2 aromatic rings. The molecule has 1 amide bonds. The van der Waals surface area contributed by atoms with Crippen LogP contribution in [0.15, 0.2) is 42.6 Å². The summed E-state index contributed by atoms with van der Waals surface area (Å²) in [4.78, 5) is 18.8. The lowest BCUT2D eigenvalue weighted by Gasteiger charge is -2.37. The molecule has 1 aromatic carbocycles. The summed E-state index contributed by atoms with van der Waals surface area (Å²) in [5, 5.41) is 2.35. The molecule has 1 aliphatic rings. The fraction of sp³-hybridized carbons (Fsp3) is 0.400. The van der Waals surface area contributed by atoms with Gasteiger partial charge in [-0.05, 0) is 49.9 Å². The number of alkyl halides is 3. The Morgan fingerprint density at radius 2 is 2.04 bits per heavy atom. The number of piperidine rings is 1. The molecule has 4 nitrogen and oxygen atoms in total. The van der Waals surface area contributed by atoms with Crippen LogP contribution in [0.3, 0.4) is 0 Å². The average Bonchev–Trinajstić information content (AvgIpc) is 2.67. The molecule has 1 saturated heterocycles. The van der Waals surface area contributed by atoms with Crippen molar-refractivity contribution >= 4 is 17.3 Å². The lowest BCUT2D eigenvalue weighted by atomic mass is 9.99. The van der Waals surface area contributed by atoms with E-state index in [0.29, 0.717) is 6.04 Å². The van der Waals surface area contributed by atoms with Gasteiger partial charge >= 0.3 is 6.18 Å². The van der Waals surface area contributed by atoms with Gasteiger partial charge in [-0.25, -0.2) is 0 Å². The SMILES string of the molecule is CCC1CCCCN1c1ccnc(C(=O)Nc2ccccc2C(F)(F)F)c1. The van der Waals surface area contributed by atoms with Crippen LogP contribution < -0.4 is 10.2 Å². The Balaban J connectivity index is 1.83. The molecule has 27 heavy (non-hydrogen) atoms. The van der Waals surface area contributed by atoms with Gasteiger partial charge in [-0.15, -0.1) is 0 Å². The summed E-state index contributed by atoms with van der Waals surface area (Å²) in [7, 11) is 0. The highest BCUT2D eigenvalue weighted by Gasteiger charge is 2.33. The van der Waals surface area contributed by atoms with Crippen LogP contribution in [0.1, 0.15) is 48.7 Å². The molecular formula is C20H22F3N3O. The van der Waals surface area contributed by atoms with Crippen LogP contribution in [-0.4, -0.2) is 23.5 Å². The smallest absolute Gasteiger partial charge is 0.368 e. The Morgan fingerprint density at radius 1 is 1.26 bits per heavy atom. The number of benzene rings is 1. The van der Waals surface area contributed by atoms with Gasteiger partial charge in [0.15, 0.2) is 0 Å². The van der Waals surface area contributed by atoms with Crippen molar-refractivity contribution in [2.45, 2.75) is 44.8 Å². The normalized spacial score (nSPS) is 17.6. The maximum atomic E-state index is 13.1. The zero-order valence-corrected chi connectivity index (χ0v) is 15.1. The summed E-state index contributed by atoms with van der Waals surface area (Å²) in [6.07, 6.45) is 1.35. The van der Waals surface area contributed by atoms with Gasteiger partial charge < -0.3 is 10.2 Å². The molecular weight excluding hydrogens is 355 g/mol. The number of carbonyl (C=O) groups is 1. The molecule has 0 saturated carbocycles. The number of para-hydroxylation sites is 1. The summed E-state index contributed by atoms with van der Waals surface area (Å²) in [5.74, 6) is -0.654. The molecule has 2 heterocycles. The van der Waals surface area contributed by atoms with E-state index in [4.69, 9.17) is 0 Å². The molecule has 0 radical (unpaired) electrons. The van der Waals surface area contributed by atoms with Crippen LogP contribution >= 0.6 is 0 Å². The number of anilines is 2. The number of halogens is 3. The molecule has 3 rings (SSSR count). The standard InChI is InChI=1S/C20H22F3N3O/c1-2-14-7-5-6-12-26(14)15-10-11-24-18(13-15)19(27)25-17-9-4-3-8-16(17)20(21,22)23/h3-4,8-11,13-14H,2,5-7,12H2,1H3,(H,25,27). The quantitative estimate of drug-likeness (QED) is 0.804. The van der Waals surface area contributed by atoms with Gasteiger partial charge in [0, 0.05) is 24.5 Å². The van der Waals surface area contributed by atoms with Gasteiger partial charge in [-0.1, -0.05) is 19.1 Å². The summed E-state index contributed by atoms with van der Waals surface area (Å²) >= 11 is 0. The van der Waals surface area contributed by atoms with Crippen molar-refractivity contribution in [3.63, 3.8) is 0 Å². The lowest BCUT2D eigenvalue weighted by molar-refractivity contribution is -0.136. The van der Waals surface area contributed by atoms with E-state index >= 15 is 0 Å². The maximum absolute atomic E-state index is 13.1. The topological polar surface area (TPSA) is 45.2 Å². The Morgan fingerprint density at radius 3 is 2.78 bits per heavy atom. The minimum absolute atomic E-state index is 0.102. The van der Waals surface area contributed by atoms with Crippen molar-refractivity contribution in [1.29, 1.82) is 0 Å². The van der Waals surface area contributed by atoms with E-state index in [1.807, 2.05) is 6.07 Å². The predicted molar refractivity (Wildman–Crippen MR) is 98.9 cm³/mol. The summed E-state index contributed by atoms with van der Waals surface area (Å²) in [6, 6.07) is 8.82. The van der Waals surface area contributed by atoms with Gasteiger partial charge in [0.05, 0.1) is 11.3 Å². The van der Waals surface area contributed by atoms with Crippen molar-refractivity contribution in [2.75, 3.05) is 16.8 Å². The largest absolute Gasteiger partial charge is 0.418 e. The fourth-order valence-corrected chi connectivity index (χ4v) is 3.51. The molecule has 144 valence electrons. The zero-order valence-electron chi connectivity index (χ0n) is 15.1. The highest BCUT2D eigenvalue weighted by atomic mass is 19.4. The van der Waals surface area contributed by atoms with Crippen molar-refractivity contribution < 1.29 is 18.0 Å². The van der Waals surface area contributed by atoms with E-state index in [1.54, 1.807) is 6.07 Å². The Kier molecular flexibility index (Phi) is 5.68. The number of pyridine rings is 1. The summed E-state index contributed by atoms with van der Waals surface area (Å²) < 4.78 is 39.3. The van der Waals surface area contributed by atoms with Gasteiger partial charge in [0.2, 0.25) is 0 Å². The van der Waals surface area contributed by atoms with E-state index in [2.05, 4.69) is 22.1 Å². The van der Waals surface area contributed by atoms with E-state index in [-0.39, 0.29) is 11.4 Å². The third kappa shape index (κ3) is 4.40. The number of nitrogens with zero attached hydrogens (tertiary/aromatic N) is 2. The Bertz CT molecular complexity index is 807. The molecule has 0 spiro atoms. The van der Waals surface area contributed by atoms with Crippen LogP contribution in [0.25, 0.3) is 0 Å². The second-order valence-electron chi connectivity index (χ2n) is 6.65. The number of rotatable bonds is 4. The van der Waals surface area contributed by atoms with Crippen LogP contribution in [0.2, 0.25) is 0 Å². The van der Waals surface area contributed by atoms with Crippen LogP contribution in [0.5, 0.6) is 0 Å². The molecule has 0 aliphatic carbocycles. The van der Waals surface area contributed by atoms with Crippen LogP contribution in [0.4, 0.5) is 24.5 Å². The van der Waals surface area contributed by atoms with Crippen LogP contribution in [0, 0.1) is 0 Å². The lowest BCUT2D eigenvalue weighted by Crippen LogP contribution is -2.39. The van der Waals surface area contributed by atoms with Gasteiger partial charge in [-0.3, -0.25) is 9.78 Å². The monoisotopic (exact) mass is 377 g/mol. The van der Waals surface area contributed by atoms with Crippen LogP contribution in [-0.2, 0) is 6.18 Å². The molecule has 0 bridgehead atoms. The Hall–Kier alpha value is -2.57. The number of carbonyl (C=O) groups excluding carboxylic acids is 1. The number of aromatic nitrogens is 1. The van der Waals surface area contributed by atoms with E-state index in [1.165, 1.54) is 30.8 Å². The molecule has 1 fully saturated rings. The average molecular weight is 377 g/mol. The van der Waals surface area contributed by atoms with Gasteiger partial charge in [0.1, 0.15) is 5.69 Å². The molecule has 1 N–H and O–H groups in total. The highest BCUT2D eigenvalue weighted by Crippen LogP contribution is 2.34. The third-order valence-electron chi connectivity index (χ3n) is 4.89. The molecule has 1 unspecified atom stereocenters. The van der Waals surface area contributed by atoms with Gasteiger partial charge in [0.25, 0.3) is 5.91 Å². The summed E-state index contributed by atoms with van der Waals surface area (Å²) in [6.45, 7) is 3.03. The van der Waals surface area contributed by atoms with E-state index in [9.17, 15) is 18.0 Å². The summed E-state index contributed by atoms with van der Waals surface area (Å²) in [5.41, 5.74) is -0.168. The zero-order chi connectivity index (χ0) is 19.4. The van der Waals surface area contributed by atoms with E-state index < -0.39 is 17.6 Å². The first-order valence-corrected chi connectivity index (χ1v) is 9.10. The Labute approximate surface area is 156 Å². The minimum atomic E-state index is -4.54. The molecule has 1 aromatic heterocycles.